The van der Waals surface area contributed by atoms with Gasteiger partial charge >= 0.3 is 18.0 Å². The van der Waals surface area contributed by atoms with Crippen LogP contribution in [0.3, 0.4) is 0 Å². The number of ether oxygens (including phenoxy) is 1. The first-order valence-corrected chi connectivity index (χ1v) is 10.3. The zero-order chi connectivity index (χ0) is 23.8. The van der Waals surface area contributed by atoms with E-state index in [9.17, 15) is 30.7 Å². The number of aromatic nitrogens is 2. The summed E-state index contributed by atoms with van der Waals surface area (Å²) in [7, 11) is 0. The number of nitrogens with zero attached hydrogens (tertiary/aromatic N) is 2. The van der Waals surface area contributed by atoms with Crippen LogP contribution >= 0.6 is 0 Å². The molecule has 0 aliphatic rings. The fourth-order valence-corrected chi connectivity index (χ4v) is 2.91. The van der Waals surface area contributed by atoms with E-state index < -0.39 is 24.6 Å². The summed E-state index contributed by atoms with van der Waals surface area (Å²) in [5.74, 6) is -11.5. The topological polar surface area (TPSA) is 35.0 Å². The molecule has 0 saturated heterocycles. The van der Waals surface area contributed by atoms with Crippen molar-refractivity contribution < 1.29 is 35.5 Å². The van der Waals surface area contributed by atoms with Crippen molar-refractivity contribution >= 4 is 0 Å². The molecule has 1 aromatic heterocycles. The van der Waals surface area contributed by atoms with Crippen molar-refractivity contribution in [3.05, 3.63) is 42.2 Å². The van der Waals surface area contributed by atoms with E-state index in [0.717, 1.165) is 24.8 Å². The quantitative estimate of drug-likeness (QED) is 0.244. The second-order valence-electron chi connectivity index (χ2n) is 7.52. The third kappa shape index (κ3) is 6.80. The predicted octanol–water partition coefficient (Wildman–Crippen LogP) is 7.26. The maximum Gasteiger partial charge on any atom is 0.460 e. The fraction of sp³-hybridized carbons (Fsp3) is 0.545. The molecular weight excluding hydrogens is 441 g/mol. The molecule has 3 nitrogen and oxygen atoms in total. The second kappa shape index (κ2) is 11.0. The summed E-state index contributed by atoms with van der Waals surface area (Å²) < 4.78 is 93.4. The maximum absolute atomic E-state index is 13.3. The lowest BCUT2D eigenvalue weighted by molar-refractivity contribution is -0.358. The lowest BCUT2D eigenvalue weighted by atomic mass is 10.1. The monoisotopic (exact) mass is 466 g/mol. The minimum atomic E-state index is -6.39. The third-order valence-corrected chi connectivity index (χ3v) is 4.87. The normalized spacial score (nSPS) is 12.8. The number of rotatable bonds is 12. The molecule has 0 aliphatic heterocycles. The van der Waals surface area contributed by atoms with Gasteiger partial charge in [-0.15, -0.1) is 0 Å². The van der Waals surface area contributed by atoms with Gasteiger partial charge in [0.25, 0.3) is 0 Å². The lowest BCUT2D eigenvalue weighted by Gasteiger charge is -2.27. The number of halogens is 7. The molecule has 178 valence electrons. The van der Waals surface area contributed by atoms with Crippen molar-refractivity contribution in [1.29, 1.82) is 0 Å². The van der Waals surface area contributed by atoms with E-state index in [1.54, 1.807) is 12.4 Å². The van der Waals surface area contributed by atoms with Gasteiger partial charge in [-0.3, -0.25) is 0 Å². The van der Waals surface area contributed by atoms with Crippen LogP contribution in [-0.2, 0) is 6.42 Å². The zero-order valence-corrected chi connectivity index (χ0v) is 17.6. The average Bonchev–Trinajstić information content (AvgIpc) is 2.75. The molecule has 0 atom stereocenters. The minimum absolute atomic E-state index is 0.286. The van der Waals surface area contributed by atoms with Gasteiger partial charge in [-0.25, -0.2) is 9.97 Å². The first-order chi connectivity index (χ1) is 15.0. The van der Waals surface area contributed by atoms with Crippen LogP contribution in [0.25, 0.3) is 11.4 Å². The summed E-state index contributed by atoms with van der Waals surface area (Å²) in [6.07, 6.45) is 4.89. The highest BCUT2D eigenvalue weighted by Crippen LogP contribution is 2.46. The van der Waals surface area contributed by atoms with Gasteiger partial charge in [-0.2, -0.15) is 30.7 Å². The molecule has 2 aromatic rings. The van der Waals surface area contributed by atoms with Crippen LogP contribution in [0.4, 0.5) is 30.7 Å². The summed E-state index contributed by atoms with van der Waals surface area (Å²) in [4.78, 5) is 8.51. The Balaban J connectivity index is 1.89. The van der Waals surface area contributed by atoms with Crippen molar-refractivity contribution in [2.45, 2.75) is 69.9 Å². The van der Waals surface area contributed by atoms with E-state index in [1.807, 2.05) is 0 Å². The number of hydrogen-bond donors (Lipinski definition) is 0. The van der Waals surface area contributed by atoms with E-state index >= 15 is 0 Å². The second-order valence-corrected chi connectivity index (χ2v) is 7.52. The number of unbranched alkanes of at least 4 members (excludes halogenated alkanes) is 5. The molecule has 0 unspecified atom stereocenters. The van der Waals surface area contributed by atoms with Crippen molar-refractivity contribution in [1.82, 2.24) is 9.97 Å². The van der Waals surface area contributed by atoms with E-state index in [1.165, 1.54) is 49.9 Å². The molecule has 0 fully saturated rings. The molecular formula is C22H25F7N2O. The molecule has 0 saturated carbocycles. The van der Waals surface area contributed by atoms with Crippen molar-refractivity contribution in [2.75, 3.05) is 6.61 Å². The molecule has 0 N–H and O–H groups in total. The van der Waals surface area contributed by atoms with Gasteiger partial charge < -0.3 is 4.74 Å². The zero-order valence-electron chi connectivity index (χ0n) is 17.6. The Kier molecular flexibility index (Phi) is 8.86. The summed E-state index contributed by atoms with van der Waals surface area (Å²) in [5.41, 5.74) is 1.49. The number of hydrogen-bond acceptors (Lipinski definition) is 3. The molecule has 0 spiro atoms. The van der Waals surface area contributed by atoms with Crippen molar-refractivity contribution in [2.24, 2.45) is 0 Å². The smallest absolute Gasteiger partial charge is 0.460 e. The van der Waals surface area contributed by atoms with Crippen molar-refractivity contribution in [3.63, 3.8) is 0 Å². The number of aryl methyl sites for hydroxylation is 1. The highest BCUT2D eigenvalue weighted by atomic mass is 19.4. The van der Waals surface area contributed by atoms with Crippen LogP contribution in [0, 0.1) is 0 Å². The summed E-state index contributed by atoms with van der Waals surface area (Å²) in [5, 5.41) is 0. The Morgan fingerprint density at radius 1 is 0.781 bits per heavy atom. The molecule has 0 bridgehead atoms. The maximum atomic E-state index is 13.3. The first-order valence-electron chi connectivity index (χ1n) is 10.3. The Hall–Kier alpha value is -2.39. The van der Waals surface area contributed by atoms with E-state index in [2.05, 4.69) is 21.6 Å². The van der Waals surface area contributed by atoms with Crippen molar-refractivity contribution in [3.8, 4) is 17.1 Å². The average molecular weight is 466 g/mol. The van der Waals surface area contributed by atoms with E-state index in [0.29, 0.717) is 11.4 Å². The Morgan fingerprint density at radius 2 is 1.34 bits per heavy atom. The molecule has 0 amide bonds. The standard InChI is InChI=1S/C22H25F7N2O/c1-2-3-4-5-6-7-8-16-13-30-19(31-14-16)17-9-11-18(12-10-17)32-15-20(23,24)21(25,26)22(27,28)29/h9-14H,2-8,15H2,1H3. The molecule has 1 aromatic carbocycles. The van der Waals surface area contributed by atoms with E-state index in [-0.39, 0.29) is 5.75 Å². The lowest BCUT2D eigenvalue weighted by Crippen LogP contribution is -2.54. The Morgan fingerprint density at radius 3 is 1.91 bits per heavy atom. The highest BCUT2D eigenvalue weighted by molar-refractivity contribution is 5.55. The van der Waals surface area contributed by atoms with Crippen LogP contribution < -0.4 is 4.74 Å². The molecule has 0 radical (unpaired) electrons. The Labute approximate surface area is 182 Å². The van der Waals surface area contributed by atoms with Crippen LogP contribution in [0.2, 0.25) is 0 Å². The molecule has 2 rings (SSSR count). The summed E-state index contributed by atoms with van der Waals surface area (Å²) >= 11 is 0. The first kappa shape index (κ1) is 25.9. The summed E-state index contributed by atoms with van der Waals surface area (Å²) in [6.45, 7) is 0.0420. The van der Waals surface area contributed by atoms with Gasteiger partial charge in [0.2, 0.25) is 0 Å². The number of alkyl halides is 7. The van der Waals surface area contributed by atoms with Crippen LogP contribution in [0.5, 0.6) is 5.75 Å². The van der Waals surface area contributed by atoms with Crippen LogP contribution in [0.1, 0.15) is 51.0 Å². The Bertz CT molecular complexity index is 822. The van der Waals surface area contributed by atoms with Gasteiger partial charge in [0.05, 0.1) is 0 Å². The largest absolute Gasteiger partial charge is 0.487 e. The van der Waals surface area contributed by atoms with Gasteiger partial charge in [0, 0.05) is 18.0 Å². The van der Waals surface area contributed by atoms with Crippen LogP contribution in [-0.4, -0.2) is 34.6 Å². The molecule has 32 heavy (non-hydrogen) atoms. The fourth-order valence-electron chi connectivity index (χ4n) is 2.91. The third-order valence-electron chi connectivity index (χ3n) is 4.87. The SMILES string of the molecule is CCCCCCCCc1cnc(-c2ccc(OCC(F)(F)C(F)(F)C(F)(F)F)cc2)nc1. The molecule has 0 aliphatic carbocycles. The van der Waals surface area contributed by atoms with Gasteiger partial charge in [0.1, 0.15) is 5.75 Å². The molecule has 10 heteroatoms. The van der Waals surface area contributed by atoms with Crippen LogP contribution in [0.15, 0.2) is 36.7 Å². The highest BCUT2D eigenvalue weighted by Gasteiger charge is 2.73. The van der Waals surface area contributed by atoms with Gasteiger partial charge in [0.15, 0.2) is 12.4 Å². The van der Waals surface area contributed by atoms with Gasteiger partial charge in [-0.05, 0) is 42.7 Å². The minimum Gasteiger partial charge on any atom is -0.487 e. The number of benzene rings is 1. The van der Waals surface area contributed by atoms with E-state index in [4.69, 9.17) is 0 Å². The molecule has 1 heterocycles. The predicted molar refractivity (Wildman–Crippen MR) is 106 cm³/mol. The van der Waals surface area contributed by atoms with Gasteiger partial charge in [-0.1, -0.05) is 39.0 Å². The summed E-state index contributed by atoms with van der Waals surface area (Å²) in [6, 6.07) is 5.14.